The molecule has 0 saturated carbocycles. The number of aromatic nitrogens is 9. The van der Waals surface area contributed by atoms with Gasteiger partial charge in [0.2, 0.25) is 45.9 Å². The maximum Gasteiger partial charge on any atom is 0.235 e. The van der Waals surface area contributed by atoms with Crippen LogP contribution < -0.4 is 24.6 Å². The molecule has 39 heteroatoms. The summed E-state index contributed by atoms with van der Waals surface area (Å²) in [7, 11) is -15.1. The summed E-state index contributed by atoms with van der Waals surface area (Å²) in [6.07, 6.45) is 18.1. The van der Waals surface area contributed by atoms with Crippen LogP contribution in [0.25, 0.3) is 66.5 Å². The van der Waals surface area contributed by atoms with Crippen molar-refractivity contribution in [2.24, 2.45) is 0 Å². The van der Waals surface area contributed by atoms with Crippen molar-refractivity contribution in [3.05, 3.63) is 294 Å². The first-order chi connectivity index (χ1) is 56.6. The standard InChI is InChI=1S/C22H20F2N4O3S.C22H18F2N4O3S.C12H9N3.C10H11F2NO3S.C9H11F2NO2S.C6H5F2N.5CH4/c2*1-12(2)32(30,31)28-18-6-5-17(23)19(20(18)24)21(29)16-11-27-22-15(16)8-14(10-26-22)13-4-3-7-25-9-13;1-2-10(7-13-4-1)11-6-9-3-5-14-12(9)15-8-11;1-6(2)17(15,16)13-9-4-3-8(11)7(5-14)10(9)12;1-6(2)15(13,14)12-9-4-3-7(10)5-8(9)11;7-4-1-2-6(9)5(8)3-4;;;;;/h3-12,21,28-29H,1-2H3,(H,26,27);3-12,28H,1-2H3,(H,26,27);1-8H,(H,14,15);3-6,13H,1-2H3;3-6,12H,1-2H3;1-3H,9H2;5*1H4. The van der Waals surface area contributed by atoms with E-state index in [-0.39, 0.29) is 65.9 Å². The van der Waals surface area contributed by atoms with Gasteiger partial charge in [-0.1, -0.05) is 55.3 Å². The number of aldehydes is 1. The Balaban J connectivity index is 0.000000327. The van der Waals surface area contributed by atoms with Crippen LogP contribution in [0.3, 0.4) is 0 Å². The molecule has 0 spiro atoms. The van der Waals surface area contributed by atoms with Crippen LogP contribution in [0.2, 0.25) is 0 Å². The molecule has 5 aromatic carbocycles. The molecule has 1 unspecified atom stereocenters. The number of halogens is 10. The van der Waals surface area contributed by atoms with Gasteiger partial charge in [0.05, 0.1) is 66.1 Å². The van der Waals surface area contributed by atoms with Gasteiger partial charge in [-0.3, -0.25) is 43.4 Å². The summed E-state index contributed by atoms with van der Waals surface area (Å²) >= 11 is 0. The first-order valence-corrected chi connectivity index (χ1v) is 41.7. The van der Waals surface area contributed by atoms with Crippen molar-refractivity contribution in [1.82, 2.24) is 44.9 Å². The fourth-order valence-corrected chi connectivity index (χ4v) is 13.2. The smallest absolute Gasteiger partial charge is 0.235 e. The summed E-state index contributed by atoms with van der Waals surface area (Å²) in [5.41, 5.74) is 8.05. The molecule has 9 aromatic heterocycles. The van der Waals surface area contributed by atoms with Crippen molar-refractivity contribution in [1.29, 1.82) is 0 Å². The van der Waals surface area contributed by atoms with E-state index in [9.17, 15) is 83.5 Å². The van der Waals surface area contributed by atoms with Gasteiger partial charge in [-0.15, -0.1) is 0 Å². The Morgan fingerprint density at radius 3 is 1.26 bits per heavy atom. The fraction of sp³-hybridized carbons (Fsp3) is 0.209. The van der Waals surface area contributed by atoms with Crippen molar-refractivity contribution < 1.29 is 92.3 Å². The number of rotatable bonds is 20. The van der Waals surface area contributed by atoms with E-state index in [1.807, 2.05) is 58.4 Å². The number of sulfonamides is 4. The molecule has 25 nitrogen and oxygen atoms in total. The van der Waals surface area contributed by atoms with E-state index in [4.69, 9.17) is 5.73 Å². The van der Waals surface area contributed by atoms with Crippen LogP contribution in [-0.2, 0) is 40.1 Å². The van der Waals surface area contributed by atoms with Crippen LogP contribution in [0.4, 0.5) is 72.3 Å². The van der Waals surface area contributed by atoms with Gasteiger partial charge in [-0.05, 0) is 159 Å². The second kappa shape index (κ2) is 44.9. The number of pyridine rings is 6. The van der Waals surface area contributed by atoms with E-state index < -0.39 is 165 Å². The van der Waals surface area contributed by atoms with Gasteiger partial charge < -0.3 is 25.8 Å². The van der Waals surface area contributed by atoms with Gasteiger partial charge >= 0.3 is 0 Å². The highest BCUT2D eigenvalue weighted by Gasteiger charge is 2.30. The molecule has 14 aromatic rings. The lowest BCUT2D eigenvalue weighted by Gasteiger charge is -2.17. The van der Waals surface area contributed by atoms with Crippen LogP contribution in [0.15, 0.2) is 208 Å². The molecule has 1 atom stereocenters. The van der Waals surface area contributed by atoms with Crippen molar-refractivity contribution in [3.8, 4) is 33.4 Å². The van der Waals surface area contributed by atoms with Crippen LogP contribution in [-0.4, -0.2) is 117 Å². The molecule has 0 aliphatic heterocycles. The number of aliphatic hydroxyl groups excluding tert-OH is 1. The van der Waals surface area contributed by atoms with E-state index in [1.54, 1.807) is 67.6 Å². The van der Waals surface area contributed by atoms with Crippen LogP contribution in [0, 0.1) is 58.2 Å². The van der Waals surface area contributed by atoms with Crippen molar-refractivity contribution in [2.75, 3.05) is 24.6 Å². The number of ketones is 1. The monoisotopic (exact) mass is 1820 g/mol. The average molecular weight is 1820 g/mol. The van der Waals surface area contributed by atoms with Crippen LogP contribution >= 0.6 is 0 Å². The summed E-state index contributed by atoms with van der Waals surface area (Å²) < 4.78 is 238. The molecule has 0 amide bonds. The molecule has 9 heterocycles. The highest BCUT2D eigenvalue weighted by Crippen LogP contribution is 2.37. The Labute approximate surface area is 718 Å². The largest absolute Gasteiger partial charge is 0.396 e. The van der Waals surface area contributed by atoms with Crippen LogP contribution in [0.1, 0.15) is 136 Å². The Hall–Kier alpha value is -13.0. The molecular weight excluding hydrogens is 1720 g/mol. The minimum absolute atomic E-state index is 0. The molecule has 0 radical (unpaired) electrons. The lowest BCUT2D eigenvalue weighted by atomic mass is 9.98. The number of anilines is 5. The van der Waals surface area contributed by atoms with Gasteiger partial charge in [0.25, 0.3) is 0 Å². The molecule has 14 rings (SSSR count). The molecule has 0 bridgehead atoms. The summed E-state index contributed by atoms with van der Waals surface area (Å²) in [6, 6.07) is 29.8. The van der Waals surface area contributed by atoms with Gasteiger partial charge in [0.15, 0.2) is 23.7 Å². The third-order valence-corrected chi connectivity index (χ3v) is 24.3. The predicted octanol–water partition coefficient (Wildman–Crippen LogP) is 19.8. The van der Waals surface area contributed by atoms with E-state index in [2.05, 4.69) is 60.4 Å². The second-order valence-electron chi connectivity index (χ2n) is 26.9. The fourth-order valence-electron chi connectivity index (χ4n) is 10.4. The van der Waals surface area contributed by atoms with Crippen molar-refractivity contribution >= 4 is 114 Å². The number of H-pyrrole nitrogens is 3. The van der Waals surface area contributed by atoms with E-state index >= 15 is 8.78 Å². The van der Waals surface area contributed by atoms with E-state index in [0.717, 1.165) is 94.0 Å². The Morgan fingerprint density at radius 1 is 0.416 bits per heavy atom. The van der Waals surface area contributed by atoms with Crippen molar-refractivity contribution in [2.45, 2.75) is 120 Å². The summed E-state index contributed by atoms with van der Waals surface area (Å²) in [5, 5.41) is 9.74. The normalized spacial score (nSPS) is 11.3. The zero-order chi connectivity index (χ0) is 87.9. The molecular formula is C86H94F10N14O11S4. The molecule has 10 N–H and O–H groups in total. The number of nitrogens with zero attached hydrogens (tertiary/aromatic N) is 6. The second-order valence-corrected chi connectivity index (χ2v) is 35.9. The molecule has 0 aliphatic carbocycles. The number of carbonyl (C=O) groups excluding carboxylic acids is 2. The molecule has 0 aliphatic rings. The van der Waals surface area contributed by atoms with Gasteiger partial charge in [-0.25, -0.2) is 92.5 Å². The third-order valence-electron chi connectivity index (χ3n) is 17.4. The van der Waals surface area contributed by atoms with E-state index in [0.29, 0.717) is 39.3 Å². The third kappa shape index (κ3) is 26.1. The molecule has 125 heavy (non-hydrogen) atoms. The van der Waals surface area contributed by atoms with Gasteiger partial charge in [0.1, 0.15) is 63.8 Å². The molecule has 0 saturated heterocycles. The summed E-state index contributed by atoms with van der Waals surface area (Å²) in [5.74, 6) is -10.8. The minimum atomic E-state index is -3.90. The predicted molar refractivity (Wildman–Crippen MR) is 471 cm³/mol. The Kier molecular flexibility index (Phi) is 37.5. The van der Waals surface area contributed by atoms with Gasteiger partial charge in [0, 0.05) is 147 Å². The summed E-state index contributed by atoms with van der Waals surface area (Å²) in [6.45, 7) is 11.4. The van der Waals surface area contributed by atoms with Gasteiger partial charge in [-0.2, -0.15) is 0 Å². The number of aliphatic hydroxyl groups is 1. The zero-order valence-corrected chi connectivity index (χ0v) is 67.6. The maximum atomic E-state index is 15.2. The highest BCUT2D eigenvalue weighted by atomic mass is 32.2. The first-order valence-electron chi connectivity index (χ1n) is 35.6. The van der Waals surface area contributed by atoms with Crippen molar-refractivity contribution in [3.63, 3.8) is 0 Å². The number of hydrogen-bond donors (Lipinski definition) is 9. The minimum Gasteiger partial charge on any atom is -0.396 e. The average Bonchev–Trinajstić information content (AvgIpc) is 1.68. The maximum absolute atomic E-state index is 15.2. The van der Waals surface area contributed by atoms with E-state index in [1.165, 1.54) is 73.8 Å². The SMILES string of the molecule is C.C.C.C.C.CC(C)S(=O)(=O)Nc1ccc(F)c(C(=O)c2c[nH]c3ncc(-c4cccnc4)cc23)c1F.CC(C)S(=O)(=O)Nc1ccc(F)c(C(O)c2c[nH]c3ncc(-c4cccnc4)cc23)c1F.CC(C)S(=O)(=O)Nc1ccc(F)c(C=O)c1F.CC(C)S(=O)(=O)Nc1ccc(F)cc1F.Nc1ccc(F)cc1F.c1cncc(-c2cnc3[nH]ccc3c2)c1. The zero-order valence-electron chi connectivity index (χ0n) is 64.3. The number of nitrogens with two attached hydrogens (primary N) is 1. The van der Waals surface area contributed by atoms with Crippen LogP contribution in [0.5, 0.6) is 0 Å². The number of carbonyl (C=O) groups is 2. The number of nitrogen functional groups attached to an aromatic ring is 1. The highest BCUT2D eigenvalue weighted by molar-refractivity contribution is 7.94. The number of benzene rings is 5. The molecule has 0 fully saturated rings. The number of hydrogen-bond acceptors (Lipinski definition) is 18. The quantitative estimate of drug-likeness (QED) is 0.0148. The lowest BCUT2D eigenvalue weighted by molar-refractivity contribution is 0.103. The lowest BCUT2D eigenvalue weighted by Crippen LogP contribution is -2.23. The topological polar surface area (TPSA) is 390 Å². The Morgan fingerprint density at radius 2 is 0.816 bits per heavy atom. The number of fused-ring (bicyclic) bond motifs is 3. The number of aromatic amines is 3. The first kappa shape index (κ1) is 104. The Bertz CT molecular complexity index is 6530. The number of nitrogens with one attached hydrogen (secondary N) is 7. The molecule has 668 valence electrons. The summed E-state index contributed by atoms with van der Waals surface area (Å²) in [4.78, 5) is 57.5.